The second kappa shape index (κ2) is 9.00. The van der Waals surface area contributed by atoms with Gasteiger partial charge in [-0.15, -0.1) is 0 Å². The maximum absolute atomic E-state index is 13.2. The monoisotopic (exact) mass is 485 g/mol. The predicted octanol–water partition coefficient (Wildman–Crippen LogP) is 3.38. The molecular weight excluding hydrogens is 461 g/mol. The van der Waals surface area contributed by atoms with Gasteiger partial charge in [-0.25, -0.2) is 8.42 Å². The van der Waals surface area contributed by atoms with E-state index in [-0.39, 0.29) is 27.3 Å². The number of halogens is 2. The van der Waals surface area contributed by atoms with Crippen molar-refractivity contribution in [1.29, 1.82) is 0 Å². The van der Waals surface area contributed by atoms with E-state index < -0.39 is 22.0 Å². The molecule has 10 heteroatoms. The summed E-state index contributed by atoms with van der Waals surface area (Å²) in [6.45, 7) is 1.34. The minimum Gasteiger partial charge on any atom is -0.342 e. The number of benzene rings is 1. The molecule has 31 heavy (non-hydrogen) atoms. The molecule has 0 aromatic heterocycles. The van der Waals surface area contributed by atoms with Crippen LogP contribution in [0.3, 0.4) is 0 Å². The molecule has 1 aromatic carbocycles. The van der Waals surface area contributed by atoms with E-state index in [2.05, 4.69) is 5.32 Å². The topological polar surface area (TPSA) is 86.8 Å². The molecule has 2 aliphatic heterocycles. The van der Waals surface area contributed by atoms with Gasteiger partial charge in [0.1, 0.15) is 6.04 Å². The highest BCUT2D eigenvalue weighted by molar-refractivity contribution is 7.89. The van der Waals surface area contributed by atoms with Crippen LogP contribution in [-0.4, -0.2) is 48.6 Å². The summed E-state index contributed by atoms with van der Waals surface area (Å²) in [6.07, 6.45) is 8.07. The van der Waals surface area contributed by atoms with E-state index in [1.54, 1.807) is 4.90 Å². The Kier molecular flexibility index (Phi) is 6.51. The van der Waals surface area contributed by atoms with Gasteiger partial charge in [-0.2, -0.15) is 0 Å². The van der Waals surface area contributed by atoms with Crippen LogP contribution in [0.5, 0.6) is 0 Å². The average Bonchev–Trinajstić information content (AvgIpc) is 2.76. The number of rotatable bonds is 4. The van der Waals surface area contributed by atoms with Crippen molar-refractivity contribution in [3.8, 4) is 0 Å². The predicted molar refractivity (Wildman–Crippen MR) is 118 cm³/mol. The van der Waals surface area contributed by atoms with Crippen molar-refractivity contribution in [2.24, 2.45) is 11.8 Å². The number of fused-ring (bicyclic) bond motifs is 1. The molecule has 3 atom stereocenters. The van der Waals surface area contributed by atoms with E-state index in [4.69, 9.17) is 23.2 Å². The highest BCUT2D eigenvalue weighted by atomic mass is 35.5. The first-order valence-corrected chi connectivity index (χ1v) is 12.7. The molecule has 1 N–H and O–H groups in total. The summed E-state index contributed by atoms with van der Waals surface area (Å²) in [4.78, 5) is 27.3. The summed E-state index contributed by atoms with van der Waals surface area (Å²) in [5.41, 5.74) is 0. The van der Waals surface area contributed by atoms with Crippen molar-refractivity contribution >= 4 is 45.0 Å². The van der Waals surface area contributed by atoms with E-state index >= 15 is 0 Å². The van der Waals surface area contributed by atoms with Gasteiger partial charge in [0.25, 0.3) is 10.0 Å². The first kappa shape index (κ1) is 22.4. The number of nitrogens with zero attached hydrogens (tertiary/aromatic N) is 2. The molecule has 3 aliphatic rings. The van der Waals surface area contributed by atoms with Crippen LogP contribution in [0.1, 0.15) is 38.5 Å². The van der Waals surface area contributed by atoms with E-state index in [9.17, 15) is 18.0 Å². The molecule has 0 bridgehead atoms. The number of likely N-dealkylation sites (tertiary alicyclic amines) is 1. The third-order valence-electron chi connectivity index (χ3n) is 6.54. The second-order valence-electron chi connectivity index (χ2n) is 8.39. The number of carbonyl (C=O) groups excluding carboxylic acids is 2. The van der Waals surface area contributed by atoms with Crippen molar-refractivity contribution in [1.82, 2.24) is 14.5 Å². The largest absolute Gasteiger partial charge is 0.342 e. The molecule has 7 nitrogen and oxygen atoms in total. The number of hydrogen-bond acceptors (Lipinski definition) is 4. The smallest absolute Gasteiger partial charge is 0.264 e. The molecule has 1 aromatic rings. The zero-order valence-electron chi connectivity index (χ0n) is 17.0. The van der Waals surface area contributed by atoms with Crippen molar-refractivity contribution in [2.75, 3.05) is 13.1 Å². The minimum atomic E-state index is -4.11. The lowest BCUT2D eigenvalue weighted by atomic mass is 9.75. The highest BCUT2D eigenvalue weighted by Crippen LogP contribution is 2.36. The molecule has 1 saturated heterocycles. The molecule has 1 saturated carbocycles. The lowest BCUT2D eigenvalue weighted by Gasteiger charge is -2.42. The van der Waals surface area contributed by atoms with Crippen LogP contribution in [0.4, 0.5) is 0 Å². The standard InChI is InChI=1S/C21H25Cl2N3O4S/c22-17-6-5-16(11-18(17)23)31(29,30)26-10-8-24-21(28)19(26)12-20(27)25-9-7-14-3-1-2-4-15(14)13-25/h5-6,8,10-11,14-15,19H,1-4,7,9,12-13H2,(H,24,28)/t14-,15-,19-/m1/s1. The van der Waals surface area contributed by atoms with Crippen LogP contribution in [0, 0.1) is 11.8 Å². The van der Waals surface area contributed by atoms with E-state index in [0.717, 1.165) is 17.1 Å². The van der Waals surface area contributed by atoms with Gasteiger partial charge in [-0.05, 0) is 42.9 Å². The van der Waals surface area contributed by atoms with Crippen molar-refractivity contribution in [2.45, 2.75) is 49.5 Å². The fourth-order valence-electron chi connectivity index (χ4n) is 4.82. The number of piperidine rings is 1. The zero-order chi connectivity index (χ0) is 22.2. The third kappa shape index (κ3) is 4.56. The van der Waals surface area contributed by atoms with E-state index in [1.165, 1.54) is 49.9 Å². The Morgan fingerprint density at radius 2 is 1.84 bits per heavy atom. The van der Waals surface area contributed by atoms with Gasteiger partial charge in [-0.3, -0.25) is 13.9 Å². The van der Waals surface area contributed by atoms with Crippen LogP contribution in [0.15, 0.2) is 35.5 Å². The molecule has 0 unspecified atom stereocenters. The summed E-state index contributed by atoms with van der Waals surface area (Å²) in [6, 6.07) is 2.79. The molecule has 168 valence electrons. The Hall–Kier alpha value is -1.77. The first-order chi connectivity index (χ1) is 14.8. The van der Waals surface area contributed by atoms with Gasteiger partial charge in [-0.1, -0.05) is 42.5 Å². The maximum atomic E-state index is 13.2. The Bertz CT molecular complexity index is 1010. The van der Waals surface area contributed by atoms with Crippen LogP contribution in [0.25, 0.3) is 0 Å². The summed E-state index contributed by atoms with van der Waals surface area (Å²) in [5, 5.41) is 2.84. The molecule has 1 aliphatic carbocycles. The fourth-order valence-corrected chi connectivity index (χ4v) is 6.66. The summed E-state index contributed by atoms with van der Waals surface area (Å²) in [7, 11) is -4.11. The fraction of sp³-hybridized carbons (Fsp3) is 0.524. The number of amides is 2. The summed E-state index contributed by atoms with van der Waals surface area (Å²) in [5.74, 6) is 0.439. The van der Waals surface area contributed by atoms with Gasteiger partial charge in [0.2, 0.25) is 11.8 Å². The normalized spacial score (nSPS) is 26.4. The molecule has 2 heterocycles. The van der Waals surface area contributed by atoms with Gasteiger partial charge in [0.15, 0.2) is 0 Å². The van der Waals surface area contributed by atoms with Crippen LogP contribution < -0.4 is 5.32 Å². The van der Waals surface area contributed by atoms with Gasteiger partial charge in [0, 0.05) is 25.5 Å². The van der Waals surface area contributed by atoms with Crippen LogP contribution >= 0.6 is 23.2 Å². The highest BCUT2D eigenvalue weighted by Gasteiger charge is 2.39. The summed E-state index contributed by atoms with van der Waals surface area (Å²) < 4.78 is 27.4. The molecule has 2 amide bonds. The van der Waals surface area contributed by atoms with E-state index in [0.29, 0.717) is 24.9 Å². The lowest BCUT2D eigenvalue weighted by molar-refractivity contribution is -0.138. The van der Waals surface area contributed by atoms with E-state index in [1.807, 2.05) is 0 Å². The Morgan fingerprint density at radius 3 is 2.58 bits per heavy atom. The van der Waals surface area contributed by atoms with Gasteiger partial charge < -0.3 is 10.2 Å². The first-order valence-electron chi connectivity index (χ1n) is 10.5. The molecule has 0 spiro atoms. The zero-order valence-corrected chi connectivity index (χ0v) is 19.3. The third-order valence-corrected chi connectivity index (χ3v) is 9.06. The SMILES string of the molecule is O=C1NC=CN(S(=O)(=O)c2ccc(Cl)c(Cl)c2)[C@@H]1CC(=O)N1CC[C@H]2CCCC[C@@H]2C1. The maximum Gasteiger partial charge on any atom is 0.264 e. The Labute approximate surface area is 192 Å². The van der Waals surface area contributed by atoms with Gasteiger partial charge in [0.05, 0.1) is 21.4 Å². The minimum absolute atomic E-state index is 0.0937. The van der Waals surface area contributed by atoms with Crippen LogP contribution in [-0.2, 0) is 19.6 Å². The number of nitrogens with one attached hydrogen (secondary N) is 1. The Balaban J connectivity index is 1.53. The number of carbonyl (C=O) groups is 2. The van der Waals surface area contributed by atoms with Crippen molar-refractivity contribution < 1.29 is 18.0 Å². The number of sulfonamides is 1. The molecule has 0 radical (unpaired) electrons. The average molecular weight is 486 g/mol. The lowest BCUT2D eigenvalue weighted by Crippen LogP contribution is -2.52. The van der Waals surface area contributed by atoms with Crippen LogP contribution in [0.2, 0.25) is 10.0 Å². The number of hydrogen-bond donors (Lipinski definition) is 1. The molecular formula is C21H25Cl2N3O4S. The van der Waals surface area contributed by atoms with Gasteiger partial charge >= 0.3 is 0 Å². The summed E-state index contributed by atoms with van der Waals surface area (Å²) >= 11 is 11.9. The quantitative estimate of drug-likeness (QED) is 0.707. The second-order valence-corrected chi connectivity index (χ2v) is 11.0. The van der Waals surface area contributed by atoms with Crippen molar-refractivity contribution in [3.63, 3.8) is 0 Å². The van der Waals surface area contributed by atoms with Crippen molar-refractivity contribution in [3.05, 3.63) is 40.6 Å². The molecule has 4 rings (SSSR count). The Morgan fingerprint density at radius 1 is 1.10 bits per heavy atom. The molecule has 2 fully saturated rings.